The lowest BCUT2D eigenvalue weighted by Gasteiger charge is -2.23. The van der Waals surface area contributed by atoms with Crippen LogP contribution in [0.25, 0.3) is 34.1 Å². The Morgan fingerprint density at radius 3 is 2.21 bits per heavy atom. The number of nitrogens with zero attached hydrogens (tertiary/aromatic N) is 2. The van der Waals surface area contributed by atoms with Crippen LogP contribution in [-0.4, -0.2) is 15.1 Å². The third kappa shape index (κ3) is 2.62. The summed E-state index contributed by atoms with van der Waals surface area (Å²) in [6.45, 7) is 3.90. The molecule has 2 heterocycles. The summed E-state index contributed by atoms with van der Waals surface area (Å²) in [5.41, 5.74) is 6.86. The number of hydrogen-bond acceptors (Lipinski definition) is 4. The van der Waals surface area contributed by atoms with Gasteiger partial charge in [-0.25, -0.2) is 9.97 Å². The third-order valence-electron chi connectivity index (χ3n) is 5.02. The summed E-state index contributed by atoms with van der Waals surface area (Å²) in [6.07, 6.45) is 1.97. The maximum atomic E-state index is 10.2. The Morgan fingerprint density at radius 1 is 0.821 bits per heavy atom. The molecular weight excluding hydrogens is 348 g/mol. The molecule has 0 unspecified atom stereocenters. The molecule has 0 radical (unpaired) electrons. The Morgan fingerprint density at radius 2 is 1.50 bits per heavy atom. The number of benzene rings is 3. The summed E-state index contributed by atoms with van der Waals surface area (Å²) in [4.78, 5) is 9.71. The highest BCUT2D eigenvalue weighted by Gasteiger charge is 2.27. The molecule has 4 aromatic rings. The topological polar surface area (TPSA) is 55.2 Å². The van der Waals surface area contributed by atoms with Gasteiger partial charge in [-0.3, -0.25) is 0 Å². The van der Waals surface area contributed by atoms with Crippen LogP contribution in [0.15, 0.2) is 60.7 Å². The molecule has 1 aliphatic rings. The van der Waals surface area contributed by atoms with Gasteiger partial charge in [-0.2, -0.15) is 0 Å². The van der Waals surface area contributed by atoms with Gasteiger partial charge in [-0.1, -0.05) is 42.0 Å². The highest BCUT2D eigenvalue weighted by molar-refractivity contribution is 5.93. The monoisotopic (exact) mass is 366 g/mol. The van der Waals surface area contributed by atoms with E-state index in [0.717, 1.165) is 27.9 Å². The second kappa shape index (κ2) is 6.20. The van der Waals surface area contributed by atoms with Crippen molar-refractivity contribution in [1.82, 2.24) is 9.97 Å². The molecule has 1 N–H and O–H groups in total. The van der Waals surface area contributed by atoms with E-state index in [-0.39, 0.29) is 5.75 Å². The van der Waals surface area contributed by atoms with E-state index >= 15 is 0 Å². The van der Waals surface area contributed by atoms with E-state index in [4.69, 9.17) is 14.7 Å². The van der Waals surface area contributed by atoms with Crippen LogP contribution >= 0.6 is 0 Å². The van der Waals surface area contributed by atoms with Crippen LogP contribution < -0.4 is 4.74 Å². The SMILES string of the molecule is Cc1ccc(/C=C2/Oc3c(ccc(O)c3C)-c3nc4ccccc4nc32)cc1. The first-order valence-corrected chi connectivity index (χ1v) is 9.16. The van der Waals surface area contributed by atoms with Crippen LogP contribution in [0.4, 0.5) is 0 Å². The van der Waals surface area contributed by atoms with Crippen LogP contribution in [0, 0.1) is 13.8 Å². The molecule has 0 bridgehead atoms. The number of aryl methyl sites for hydroxylation is 1. The van der Waals surface area contributed by atoms with Gasteiger partial charge >= 0.3 is 0 Å². The summed E-state index contributed by atoms with van der Waals surface area (Å²) in [7, 11) is 0. The molecule has 0 saturated carbocycles. The normalized spacial score (nSPS) is 13.9. The molecule has 0 amide bonds. The van der Waals surface area contributed by atoms with Crippen molar-refractivity contribution < 1.29 is 9.84 Å². The molecule has 3 aromatic carbocycles. The first kappa shape index (κ1) is 16.5. The van der Waals surface area contributed by atoms with E-state index in [1.165, 1.54) is 5.56 Å². The highest BCUT2D eigenvalue weighted by Crippen LogP contribution is 2.45. The average Bonchev–Trinajstić information content (AvgIpc) is 2.71. The molecule has 0 spiro atoms. The molecule has 0 fully saturated rings. The van der Waals surface area contributed by atoms with Gasteiger partial charge in [0.05, 0.1) is 11.0 Å². The Labute approximate surface area is 162 Å². The van der Waals surface area contributed by atoms with Gasteiger partial charge in [0.2, 0.25) is 0 Å². The van der Waals surface area contributed by atoms with Gasteiger partial charge in [0.25, 0.3) is 0 Å². The van der Waals surface area contributed by atoms with Gasteiger partial charge in [0, 0.05) is 11.1 Å². The van der Waals surface area contributed by atoms with Crippen LogP contribution in [0.1, 0.15) is 22.4 Å². The Kier molecular flexibility index (Phi) is 3.66. The predicted molar refractivity (Wildman–Crippen MR) is 111 cm³/mol. The molecule has 1 aromatic heterocycles. The summed E-state index contributed by atoms with van der Waals surface area (Å²) >= 11 is 0. The first-order valence-electron chi connectivity index (χ1n) is 9.16. The maximum Gasteiger partial charge on any atom is 0.155 e. The van der Waals surface area contributed by atoms with E-state index in [9.17, 15) is 5.11 Å². The van der Waals surface area contributed by atoms with E-state index < -0.39 is 0 Å². The van der Waals surface area contributed by atoms with Gasteiger partial charge in [0.1, 0.15) is 22.9 Å². The zero-order valence-corrected chi connectivity index (χ0v) is 15.6. The average molecular weight is 366 g/mol. The van der Waals surface area contributed by atoms with Gasteiger partial charge < -0.3 is 9.84 Å². The van der Waals surface area contributed by atoms with Crippen molar-refractivity contribution in [3.63, 3.8) is 0 Å². The smallest absolute Gasteiger partial charge is 0.155 e. The van der Waals surface area contributed by atoms with Crippen LogP contribution in [0.3, 0.4) is 0 Å². The molecule has 4 heteroatoms. The van der Waals surface area contributed by atoms with E-state index in [1.807, 2.05) is 55.5 Å². The fourth-order valence-corrected chi connectivity index (χ4v) is 3.43. The lowest BCUT2D eigenvalue weighted by atomic mass is 9.99. The number of aromatic hydroxyl groups is 1. The fraction of sp³-hybridized carbons (Fsp3) is 0.0833. The summed E-state index contributed by atoms with van der Waals surface area (Å²) in [5.74, 6) is 1.44. The van der Waals surface area contributed by atoms with Gasteiger partial charge in [-0.15, -0.1) is 0 Å². The first-order chi connectivity index (χ1) is 13.6. The standard InChI is InChI=1S/C24H18N2O2/c1-14-7-9-16(10-8-14)13-21-23-22(25-18-5-3-4-6-19(18)26-23)17-11-12-20(27)15(2)24(17)28-21/h3-13,27H,1-2H3/b21-13+. The fourth-order valence-electron chi connectivity index (χ4n) is 3.43. The number of fused-ring (bicyclic) bond motifs is 4. The van der Waals surface area contributed by atoms with Crippen molar-refractivity contribution in [3.05, 3.63) is 83.0 Å². The number of phenols is 1. The second-order valence-corrected chi connectivity index (χ2v) is 7.02. The maximum absolute atomic E-state index is 10.2. The minimum Gasteiger partial charge on any atom is -0.508 e. The zero-order chi connectivity index (χ0) is 19.3. The highest BCUT2D eigenvalue weighted by atomic mass is 16.5. The Bertz CT molecular complexity index is 1260. The molecule has 4 nitrogen and oxygen atoms in total. The van der Waals surface area contributed by atoms with Crippen LogP contribution in [-0.2, 0) is 0 Å². The number of phenolic OH excluding ortho intramolecular Hbond substituents is 1. The van der Waals surface area contributed by atoms with Crippen molar-refractivity contribution in [2.45, 2.75) is 13.8 Å². The summed E-state index contributed by atoms with van der Waals surface area (Å²) < 4.78 is 6.25. The molecule has 1 aliphatic heterocycles. The number of aromatic nitrogens is 2. The van der Waals surface area contributed by atoms with Crippen molar-refractivity contribution in [2.75, 3.05) is 0 Å². The zero-order valence-electron chi connectivity index (χ0n) is 15.6. The molecular formula is C24H18N2O2. The molecule has 0 atom stereocenters. The lowest BCUT2D eigenvalue weighted by Crippen LogP contribution is -2.10. The minimum absolute atomic E-state index is 0.200. The molecule has 0 saturated heterocycles. The van der Waals surface area contributed by atoms with E-state index in [1.54, 1.807) is 6.07 Å². The minimum atomic E-state index is 0.200. The van der Waals surface area contributed by atoms with E-state index in [0.29, 0.717) is 22.8 Å². The quantitative estimate of drug-likeness (QED) is 0.483. The second-order valence-electron chi connectivity index (χ2n) is 7.02. The molecule has 0 aliphatic carbocycles. The van der Waals surface area contributed by atoms with Crippen molar-refractivity contribution in [1.29, 1.82) is 0 Å². The molecule has 5 rings (SSSR count). The van der Waals surface area contributed by atoms with Gasteiger partial charge in [-0.05, 0) is 49.8 Å². The largest absolute Gasteiger partial charge is 0.508 e. The number of rotatable bonds is 1. The lowest BCUT2D eigenvalue weighted by molar-refractivity contribution is 0.457. The third-order valence-corrected chi connectivity index (χ3v) is 5.02. The van der Waals surface area contributed by atoms with Crippen LogP contribution in [0.2, 0.25) is 0 Å². The number of ether oxygens (including phenoxy) is 1. The van der Waals surface area contributed by atoms with Crippen molar-refractivity contribution in [3.8, 4) is 22.8 Å². The van der Waals surface area contributed by atoms with Gasteiger partial charge in [0.15, 0.2) is 5.76 Å². The van der Waals surface area contributed by atoms with Crippen molar-refractivity contribution in [2.24, 2.45) is 0 Å². The van der Waals surface area contributed by atoms with Crippen molar-refractivity contribution >= 4 is 22.9 Å². The van der Waals surface area contributed by atoms with Crippen LogP contribution in [0.5, 0.6) is 11.5 Å². The number of hydrogen-bond donors (Lipinski definition) is 1. The van der Waals surface area contributed by atoms with E-state index in [2.05, 4.69) is 19.1 Å². The molecule has 136 valence electrons. The Hall–Kier alpha value is -3.66. The molecule has 28 heavy (non-hydrogen) atoms. The summed E-state index contributed by atoms with van der Waals surface area (Å²) in [6, 6.07) is 19.5. The Balaban J connectivity index is 1.80. The predicted octanol–water partition coefficient (Wildman–Crippen LogP) is 5.51. The summed E-state index contributed by atoms with van der Waals surface area (Å²) in [5, 5.41) is 10.2. The number of para-hydroxylation sites is 2.